The van der Waals surface area contributed by atoms with Crippen molar-refractivity contribution in [3.8, 4) is 5.75 Å². The number of carbonyl (C=O) groups excluding carboxylic acids is 2. The van der Waals surface area contributed by atoms with Crippen LogP contribution in [0.25, 0.3) is 0 Å². The van der Waals surface area contributed by atoms with Gasteiger partial charge in [-0.05, 0) is 42.3 Å². The van der Waals surface area contributed by atoms with E-state index in [1.165, 1.54) is 6.21 Å². The third kappa shape index (κ3) is 3.28. The molecule has 3 rings (SSSR count). The van der Waals surface area contributed by atoms with Crippen LogP contribution in [0.5, 0.6) is 5.75 Å². The van der Waals surface area contributed by atoms with Gasteiger partial charge >= 0.3 is 6.03 Å². The number of carbonyl (C=O) groups is 2. The fourth-order valence-corrected chi connectivity index (χ4v) is 2.79. The van der Waals surface area contributed by atoms with Crippen LogP contribution in [-0.2, 0) is 10.3 Å². The highest BCUT2D eigenvalue weighted by atomic mass is 79.9. The lowest BCUT2D eigenvalue weighted by Crippen LogP contribution is -2.40. The van der Waals surface area contributed by atoms with Crippen LogP contribution in [0.3, 0.4) is 0 Å². The van der Waals surface area contributed by atoms with Gasteiger partial charge in [0, 0.05) is 4.47 Å². The fourth-order valence-electron chi connectivity index (χ4n) is 2.52. The Morgan fingerprint density at radius 3 is 2.36 bits per heavy atom. The monoisotopic (exact) mass is 401 g/mol. The second kappa shape index (κ2) is 6.68. The van der Waals surface area contributed by atoms with Crippen molar-refractivity contribution >= 4 is 34.1 Å². The molecule has 1 atom stereocenters. The van der Waals surface area contributed by atoms with Crippen molar-refractivity contribution in [3.05, 3.63) is 64.1 Å². The van der Waals surface area contributed by atoms with Crippen LogP contribution in [0.15, 0.2) is 58.1 Å². The molecule has 128 valence electrons. The van der Waals surface area contributed by atoms with Crippen molar-refractivity contribution in [1.29, 1.82) is 0 Å². The summed E-state index contributed by atoms with van der Waals surface area (Å²) in [6.07, 6.45) is 1.48. The van der Waals surface area contributed by atoms with E-state index in [4.69, 9.17) is 4.74 Å². The Morgan fingerprint density at radius 1 is 1.12 bits per heavy atom. The first-order valence-electron chi connectivity index (χ1n) is 7.55. The number of urea groups is 1. The van der Waals surface area contributed by atoms with Crippen LogP contribution in [0.4, 0.5) is 4.79 Å². The molecule has 2 aromatic carbocycles. The molecule has 0 unspecified atom stereocenters. The van der Waals surface area contributed by atoms with Gasteiger partial charge in [0.15, 0.2) is 0 Å². The number of halogens is 1. The fraction of sp³-hybridized carbons (Fsp3) is 0.167. The summed E-state index contributed by atoms with van der Waals surface area (Å²) in [5.41, 5.74) is 0.273. The number of amides is 3. The number of benzene rings is 2. The third-order valence-electron chi connectivity index (χ3n) is 4.03. The minimum absolute atomic E-state index is 0.434. The van der Waals surface area contributed by atoms with E-state index in [1.54, 1.807) is 38.3 Å². The molecule has 1 N–H and O–H groups in total. The quantitative estimate of drug-likeness (QED) is 0.631. The Balaban J connectivity index is 1.84. The zero-order valence-corrected chi connectivity index (χ0v) is 15.3. The van der Waals surface area contributed by atoms with E-state index in [0.717, 1.165) is 15.0 Å². The predicted molar refractivity (Wildman–Crippen MR) is 97.5 cm³/mol. The third-order valence-corrected chi connectivity index (χ3v) is 4.56. The summed E-state index contributed by atoms with van der Waals surface area (Å²) in [4.78, 5) is 25.0. The summed E-state index contributed by atoms with van der Waals surface area (Å²) in [5, 5.41) is 7.60. The molecule has 3 amide bonds. The average molecular weight is 402 g/mol. The van der Waals surface area contributed by atoms with E-state index in [-0.39, 0.29) is 0 Å². The van der Waals surface area contributed by atoms with Crippen LogP contribution < -0.4 is 10.1 Å². The Hall–Kier alpha value is -2.67. The molecular weight excluding hydrogens is 386 g/mol. The number of nitrogens with one attached hydrogen (secondary N) is 1. The number of methoxy groups -OCH3 is 1. The maximum atomic E-state index is 12.8. The van der Waals surface area contributed by atoms with Crippen LogP contribution >= 0.6 is 15.9 Å². The SMILES string of the molecule is COc1ccc([C@]2(C)NC(=O)N(N=Cc3ccc(Br)cc3)C2=O)cc1. The normalized spacial score (nSPS) is 20.2. The Bertz CT molecular complexity index is 834. The summed E-state index contributed by atoms with van der Waals surface area (Å²) in [5.74, 6) is 0.241. The predicted octanol–water partition coefficient (Wildman–Crippen LogP) is 3.26. The molecule has 7 heteroatoms. The number of hydrogen-bond donors (Lipinski definition) is 1. The number of ether oxygens (including phenoxy) is 1. The smallest absolute Gasteiger partial charge is 0.346 e. The summed E-state index contributed by atoms with van der Waals surface area (Å²) in [6, 6.07) is 13.8. The van der Waals surface area contributed by atoms with E-state index < -0.39 is 17.5 Å². The summed E-state index contributed by atoms with van der Waals surface area (Å²) in [6.45, 7) is 1.66. The minimum Gasteiger partial charge on any atom is -0.497 e. The van der Waals surface area contributed by atoms with Gasteiger partial charge in [-0.2, -0.15) is 5.10 Å². The second-order valence-electron chi connectivity index (χ2n) is 5.70. The van der Waals surface area contributed by atoms with Crippen LogP contribution in [0, 0.1) is 0 Å². The number of hydrogen-bond acceptors (Lipinski definition) is 4. The first kappa shape index (κ1) is 17.2. The lowest BCUT2D eigenvalue weighted by molar-refractivity contribution is -0.131. The molecule has 0 bridgehead atoms. The van der Waals surface area contributed by atoms with Crippen LogP contribution in [0.2, 0.25) is 0 Å². The summed E-state index contributed by atoms with van der Waals surface area (Å²) < 4.78 is 6.06. The summed E-state index contributed by atoms with van der Waals surface area (Å²) in [7, 11) is 1.57. The van der Waals surface area contributed by atoms with E-state index in [1.807, 2.05) is 24.3 Å². The molecule has 25 heavy (non-hydrogen) atoms. The van der Waals surface area contributed by atoms with Crippen molar-refractivity contribution in [2.75, 3.05) is 7.11 Å². The van der Waals surface area contributed by atoms with E-state index in [2.05, 4.69) is 26.3 Å². The molecule has 0 aromatic heterocycles. The van der Waals surface area contributed by atoms with Crippen molar-refractivity contribution in [2.45, 2.75) is 12.5 Å². The summed E-state index contributed by atoms with van der Waals surface area (Å²) >= 11 is 3.35. The molecule has 1 saturated heterocycles. The maximum Gasteiger partial charge on any atom is 0.346 e. The van der Waals surface area contributed by atoms with Crippen molar-refractivity contribution in [2.24, 2.45) is 5.10 Å². The van der Waals surface area contributed by atoms with Gasteiger partial charge in [-0.25, -0.2) is 4.79 Å². The highest BCUT2D eigenvalue weighted by molar-refractivity contribution is 9.10. The molecule has 1 aliphatic rings. The highest BCUT2D eigenvalue weighted by Crippen LogP contribution is 2.30. The lowest BCUT2D eigenvalue weighted by atomic mass is 9.92. The molecule has 0 saturated carbocycles. The Morgan fingerprint density at radius 2 is 1.76 bits per heavy atom. The van der Waals surface area contributed by atoms with Crippen molar-refractivity contribution in [1.82, 2.24) is 10.3 Å². The number of nitrogens with zero attached hydrogens (tertiary/aromatic N) is 2. The largest absolute Gasteiger partial charge is 0.497 e. The van der Waals surface area contributed by atoms with Gasteiger partial charge in [-0.1, -0.05) is 40.2 Å². The lowest BCUT2D eigenvalue weighted by Gasteiger charge is -2.21. The second-order valence-corrected chi connectivity index (χ2v) is 6.61. The Labute approximate surface area is 153 Å². The number of hydrazone groups is 1. The van der Waals surface area contributed by atoms with Gasteiger partial charge in [0.25, 0.3) is 5.91 Å². The van der Waals surface area contributed by atoms with Gasteiger partial charge in [-0.15, -0.1) is 5.01 Å². The standard InChI is InChI=1S/C18H16BrN3O3/c1-18(13-5-9-15(25-2)10-6-13)16(23)22(17(24)21-18)20-11-12-3-7-14(19)8-4-12/h3-11H,1-2H3,(H,21,24)/t18-/m0/s1. The zero-order valence-electron chi connectivity index (χ0n) is 13.7. The van der Waals surface area contributed by atoms with Crippen LogP contribution in [0.1, 0.15) is 18.1 Å². The molecule has 0 aliphatic carbocycles. The van der Waals surface area contributed by atoms with Crippen LogP contribution in [-0.4, -0.2) is 30.3 Å². The first-order chi connectivity index (χ1) is 11.9. The molecule has 6 nitrogen and oxygen atoms in total. The minimum atomic E-state index is -1.17. The first-order valence-corrected chi connectivity index (χ1v) is 8.34. The van der Waals surface area contributed by atoms with E-state index >= 15 is 0 Å². The topological polar surface area (TPSA) is 71.0 Å². The van der Waals surface area contributed by atoms with Gasteiger partial charge < -0.3 is 10.1 Å². The molecule has 2 aromatic rings. The number of rotatable bonds is 4. The average Bonchev–Trinajstić information content (AvgIpc) is 2.84. The van der Waals surface area contributed by atoms with Gasteiger partial charge in [0.2, 0.25) is 0 Å². The van der Waals surface area contributed by atoms with Gasteiger partial charge in [0.05, 0.1) is 13.3 Å². The van der Waals surface area contributed by atoms with Gasteiger partial charge in [-0.3, -0.25) is 4.79 Å². The molecule has 1 fully saturated rings. The maximum absolute atomic E-state index is 12.8. The van der Waals surface area contributed by atoms with Gasteiger partial charge in [0.1, 0.15) is 11.3 Å². The molecule has 0 spiro atoms. The Kier molecular flexibility index (Phi) is 4.59. The molecule has 1 heterocycles. The molecular formula is C18H16BrN3O3. The van der Waals surface area contributed by atoms with E-state index in [0.29, 0.717) is 11.3 Å². The van der Waals surface area contributed by atoms with Crippen molar-refractivity contribution < 1.29 is 14.3 Å². The number of imide groups is 1. The molecule has 1 aliphatic heterocycles. The zero-order chi connectivity index (χ0) is 18.0. The highest BCUT2D eigenvalue weighted by Gasteiger charge is 2.49. The van der Waals surface area contributed by atoms with E-state index in [9.17, 15) is 9.59 Å². The van der Waals surface area contributed by atoms with Crippen molar-refractivity contribution in [3.63, 3.8) is 0 Å². The molecule has 0 radical (unpaired) electrons.